The lowest BCUT2D eigenvalue weighted by Crippen LogP contribution is -2.40. The van der Waals surface area contributed by atoms with Gasteiger partial charge in [0.25, 0.3) is 0 Å². The molecule has 62 valence electrons. The summed E-state index contributed by atoms with van der Waals surface area (Å²) in [5.41, 5.74) is 0. The summed E-state index contributed by atoms with van der Waals surface area (Å²) in [6.07, 6.45) is 4.48. The second kappa shape index (κ2) is 2.50. The molecule has 0 radical (unpaired) electrons. The number of hydrogen-bond donors (Lipinski definition) is 0. The average molecular weight is 153 g/mol. The van der Waals surface area contributed by atoms with E-state index in [0.29, 0.717) is 11.9 Å². The molecule has 2 heteroatoms. The molecule has 0 saturated carbocycles. The van der Waals surface area contributed by atoms with Crippen molar-refractivity contribution in [3.05, 3.63) is 0 Å². The first-order valence-corrected chi connectivity index (χ1v) is 4.57. The van der Waals surface area contributed by atoms with Crippen molar-refractivity contribution >= 4 is 5.91 Å². The van der Waals surface area contributed by atoms with E-state index in [2.05, 4.69) is 11.8 Å². The fourth-order valence-electron chi connectivity index (χ4n) is 2.25. The van der Waals surface area contributed by atoms with E-state index in [9.17, 15) is 4.79 Å². The Bertz CT molecular complexity index is 178. The summed E-state index contributed by atoms with van der Waals surface area (Å²) in [6.45, 7) is 3.26. The Morgan fingerprint density at radius 1 is 1.36 bits per heavy atom. The maximum Gasteiger partial charge on any atom is 0.222 e. The number of rotatable bonds is 0. The summed E-state index contributed by atoms with van der Waals surface area (Å²) in [5, 5.41) is 0. The number of fused-ring (bicyclic) bond motifs is 1. The van der Waals surface area contributed by atoms with Crippen LogP contribution in [0.15, 0.2) is 0 Å². The van der Waals surface area contributed by atoms with E-state index in [1.807, 2.05) is 0 Å². The molecule has 2 heterocycles. The van der Waals surface area contributed by atoms with E-state index in [1.165, 1.54) is 12.8 Å². The molecular weight excluding hydrogens is 138 g/mol. The number of carbonyl (C=O) groups excluding carboxylic acids is 1. The number of carbonyl (C=O) groups is 1. The van der Waals surface area contributed by atoms with Gasteiger partial charge in [-0.15, -0.1) is 0 Å². The Balaban J connectivity index is 2.07. The summed E-state index contributed by atoms with van der Waals surface area (Å²) < 4.78 is 0. The highest BCUT2D eigenvalue weighted by Crippen LogP contribution is 2.29. The Morgan fingerprint density at radius 2 is 2.18 bits per heavy atom. The fourth-order valence-corrected chi connectivity index (χ4v) is 2.25. The molecule has 2 aliphatic rings. The second-order valence-corrected chi connectivity index (χ2v) is 3.92. The van der Waals surface area contributed by atoms with Crippen LogP contribution in [-0.4, -0.2) is 23.4 Å². The highest BCUT2D eigenvalue weighted by Gasteiger charge is 2.34. The van der Waals surface area contributed by atoms with Crippen LogP contribution < -0.4 is 0 Å². The van der Waals surface area contributed by atoms with Crippen molar-refractivity contribution < 1.29 is 4.79 Å². The van der Waals surface area contributed by atoms with Crippen molar-refractivity contribution in [2.75, 3.05) is 6.54 Å². The maximum absolute atomic E-state index is 11.3. The molecule has 2 rings (SSSR count). The predicted molar refractivity (Wildman–Crippen MR) is 43.1 cm³/mol. The van der Waals surface area contributed by atoms with Gasteiger partial charge in [-0.1, -0.05) is 6.92 Å². The minimum atomic E-state index is 0.390. The number of nitrogens with zero attached hydrogens (tertiary/aromatic N) is 1. The Labute approximate surface area is 67.6 Å². The first-order chi connectivity index (χ1) is 5.27. The molecule has 2 saturated heterocycles. The third kappa shape index (κ3) is 1.15. The minimum absolute atomic E-state index is 0.390. The molecule has 0 aromatic carbocycles. The Morgan fingerprint density at radius 3 is 3.00 bits per heavy atom. The topological polar surface area (TPSA) is 20.3 Å². The van der Waals surface area contributed by atoms with Crippen molar-refractivity contribution in [3.63, 3.8) is 0 Å². The lowest BCUT2D eigenvalue weighted by atomic mass is 9.95. The zero-order valence-electron chi connectivity index (χ0n) is 7.05. The van der Waals surface area contributed by atoms with Crippen LogP contribution in [0.5, 0.6) is 0 Å². The third-order valence-electron chi connectivity index (χ3n) is 2.95. The zero-order valence-corrected chi connectivity index (χ0v) is 7.05. The van der Waals surface area contributed by atoms with Crippen molar-refractivity contribution in [1.29, 1.82) is 0 Å². The van der Waals surface area contributed by atoms with E-state index in [4.69, 9.17) is 0 Å². The minimum Gasteiger partial charge on any atom is -0.339 e. The van der Waals surface area contributed by atoms with Gasteiger partial charge in [-0.2, -0.15) is 0 Å². The molecule has 2 fully saturated rings. The molecule has 2 atom stereocenters. The van der Waals surface area contributed by atoms with Gasteiger partial charge < -0.3 is 4.90 Å². The molecule has 11 heavy (non-hydrogen) atoms. The van der Waals surface area contributed by atoms with Crippen molar-refractivity contribution in [2.24, 2.45) is 5.92 Å². The molecule has 1 unspecified atom stereocenters. The number of piperidine rings is 1. The van der Waals surface area contributed by atoms with Gasteiger partial charge >= 0.3 is 0 Å². The number of hydrogen-bond acceptors (Lipinski definition) is 1. The summed E-state index contributed by atoms with van der Waals surface area (Å²) in [6, 6.07) is 0.610. The van der Waals surface area contributed by atoms with Gasteiger partial charge in [0.2, 0.25) is 5.91 Å². The van der Waals surface area contributed by atoms with Gasteiger partial charge in [-0.25, -0.2) is 0 Å². The second-order valence-electron chi connectivity index (χ2n) is 3.92. The van der Waals surface area contributed by atoms with E-state index >= 15 is 0 Å². The predicted octanol–water partition coefficient (Wildman–Crippen LogP) is 1.41. The van der Waals surface area contributed by atoms with Crippen LogP contribution in [0.2, 0.25) is 0 Å². The maximum atomic E-state index is 11.3. The van der Waals surface area contributed by atoms with E-state index in [1.54, 1.807) is 0 Å². The highest BCUT2D eigenvalue weighted by molar-refractivity contribution is 5.78. The average Bonchev–Trinajstić information content (AvgIpc) is 2.33. The summed E-state index contributed by atoms with van der Waals surface area (Å²) in [4.78, 5) is 13.4. The molecule has 0 bridgehead atoms. The molecule has 0 aromatic heterocycles. The van der Waals surface area contributed by atoms with Crippen molar-refractivity contribution in [3.8, 4) is 0 Å². The van der Waals surface area contributed by atoms with Crippen LogP contribution in [0.1, 0.15) is 32.6 Å². The van der Waals surface area contributed by atoms with Crippen LogP contribution in [0.25, 0.3) is 0 Å². The molecule has 1 amide bonds. The van der Waals surface area contributed by atoms with Gasteiger partial charge in [-0.3, -0.25) is 4.79 Å². The molecular formula is C9H15NO. The summed E-state index contributed by atoms with van der Waals surface area (Å²) >= 11 is 0. The van der Waals surface area contributed by atoms with Crippen LogP contribution in [-0.2, 0) is 4.79 Å². The zero-order chi connectivity index (χ0) is 7.84. The highest BCUT2D eigenvalue weighted by atomic mass is 16.2. The van der Waals surface area contributed by atoms with Crippen molar-refractivity contribution in [1.82, 2.24) is 4.90 Å². The van der Waals surface area contributed by atoms with Gasteiger partial charge in [0.05, 0.1) is 0 Å². The summed E-state index contributed by atoms with van der Waals surface area (Å²) in [7, 11) is 0. The van der Waals surface area contributed by atoms with Gasteiger partial charge in [-0.05, 0) is 25.2 Å². The molecule has 0 aromatic rings. The SMILES string of the molecule is CC1CC[C@@H]2CCC(=O)N2C1. The lowest BCUT2D eigenvalue weighted by molar-refractivity contribution is -0.130. The Kier molecular flexibility index (Phi) is 1.63. The van der Waals surface area contributed by atoms with Gasteiger partial charge in [0.1, 0.15) is 0 Å². The van der Waals surface area contributed by atoms with E-state index < -0.39 is 0 Å². The standard InChI is InChI=1S/C9H15NO/c1-7-2-3-8-4-5-9(11)10(8)6-7/h7-8H,2-6H2,1H3/t7?,8-/m1/s1. The molecule has 0 aliphatic carbocycles. The third-order valence-corrected chi connectivity index (χ3v) is 2.95. The summed E-state index contributed by atoms with van der Waals surface area (Å²) in [5.74, 6) is 1.12. The van der Waals surface area contributed by atoms with Crippen LogP contribution in [0.4, 0.5) is 0 Å². The monoisotopic (exact) mass is 153 g/mol. The molecule has 2 aliphatic heterocycles. The van der Waals surface area contributed by atoms with Crippen molar-refractivity contribution in [2.45, 2.75) is 38.6 Å². The number of amides is 1. The quantitative estimate of drug-likeness (QED) is 0.515. The molecule has 2 nitrogen and oxygen atoms in total. The van der Waals surface area contributed by atoms with E-state index in [0.717, 1.165) is 25.3 Å². The molecule has 0 N–H and O–H groups in total. The first-order valence-electron chi connectivity index (χ1n) is 4.57. The van der Waals surface area contributed by atoms with E-state index in [-0.39, 0.29) is 0 Å². The molecule has 0 spiro atoms. The normalized spacial score (nSPS) is 37.5. The largest absolute Gasteiger partial charge is 0.339 e. The fraction of sp³-hybridized carbons (Fsp3) is 0.889. The lowest BCUT2D eigenvalue weighted by Gasteiger charge is -2.33. The smallest absolute Gasteiger partial charge is 0.222 e. The van der Waals surface area contributed by atoms with Crippen LogP contribution >= 0.6 is 0 Å². The first kappa shape index (κ1) is 7.14. The van der Waals surface area contributed by atoms with Crippen LogP contribution in [0.3, 0.4) is 0 Å². The van der Waals surface area contributed by atoms with Crippen LogP contribution in [0, 0.1) is 5.92 Å². The van der Waals surface area contributed by atoms with Gasteiger partial charge in [0, 0.05) is 19.0 Å². The van der Waals surface area contributed by atoms with Gasteiger partial charge in [0.15, 0.2) is 0 Å². The Hall–Kier alpha value is -0.530.